The molecule has 0 spiro atoms. The highest BCUT2D eigenvalue weighted by atomic mass is 35.5. The molecule has 0 radical (unpaired) electrons. The lowest BCUT2D eigenvalue weighted by atomic mass is 9.64. The number of hydrogen-bond donors (Lipinski definition) is 0. The molecule has 0 amide bonds. The predicted molar refractivity (Wildman–Crippen MR) is 57.6 cm³/mol. The Morgan fingerprint density at radius 3 is 2.67 bits per heavy atom. The van der Waals surface area contributed by atoms with Crippen LogP contribution in [-0.4, -0.2) is 7.85 Å². The first kappa shape index (κ1) is 9.66. The molecule has 1 aromatic carbocycles. The van der Waals surface area contributed by atoms with Gasteiger partial charge >= 0.3 is 0 Å². The van der Waals surface area contributed by atoms with Gasteiger partial charge in [0.25, 0.3) is 0 Å². The fourth-order valence-electron chi connectivity index (χ4n) is 1.11. The molecular weight excluding hydrogens is 166 g/mol. The summed E-state index contributed by atoms with van der Waals surface area (Å²) < 4.78 is 0. The standard InChI is InChI=1S/C10H14BCl/c1-3-10(2,11)8-5-4-6-9(12)7-8/h4-7H,3,11H2,1-2H3. The smallest absolute Gasteiger partial charge is 0.0843 e. The van der Waals surface area contributed by atoms with Crippen molar-refractivity contribution in [2.75, 3.05) is 0 Å². The van der Waals surface area contributed by atoms with Gasteiger partial charge in [0, 0.05) is 5.02 Å². The van der Waals surface area contributed by atoms with Gasteiger partial charge in [0.1, 0.15) is 7.85 Å². The summed E-state index contributed by atoms with van der Waals surface area (Å²) in [6, 6.07) is 8.10. The van der Waals surface area contributed by atoms with E-state index in [0.717, 1.165) is 11.4 Å². The highest BCUT2D eigenvalue weighted by molar-refractivity contribution is 6.30. The summed E-state index contributed by atoms with van der Waals surface area (Å²) >= 11 is 5.91. The van der Waals surface area contributed by atoms with Gasteiger partial charge in [-0.1, -0.05) is 44.0 Å². The molecule has 64 valence electrons. The predicted octanol–water partition coefficient (Wildman–Crippen LogP) is 2.60. The summed E-state index contributed by atoms with van der Waals surface area (Å²) in [5.74, 6) is 0. The summed E-state index contributed by atoms with van der Waals surface area (Å²) in [6.07, 6.45) is 1.13. The molecule has 0 heterocycles. The van der Waals surface area contributed by atoms with E-state index in [9.17, 15) is 0 Å². The van der Waals surface area contributed by atoms with Crippen LogP contribution in [0.25, 0.3) is 0 Å². The van der Waals surface area contributed by atoms with Crippen LogP contribution >= 0.6 is 11.6 Å². The van der Waals surface area contributed by atoms with Crippen LogP contribution in [0.1, 0.15) is 25.8 Å². The Morgan fingerprint density at radius 1 is 1.50 bits per heavy atom. The van der Waals surface area contributed by atoms with Crippen molar-refractivity contribution in [1.29, 1.82) is 0 Å². The average molecular weight is 180 g/mol. The third-order valence-corrected chi connectivity index (χ3v) is 2.73. The Labute approximate surface area is 80.3 Å². The quantitative estimate of drug-likeness (QED) is 0.614. The third-order valence-electron chi connectivity index (χ3n) is 2.49. The number of halogens is 1. The van der Waals surface area contributed by atoms with Crippen molar-refractivity contribution in [3.8, 4) is 0 Å². The number of hydrogen-bond acceptors (Lipinski definition) is 0. The number of rotatable bonds is 2. The maximum atomic E-state index is 5.91. The normalized spacial score (nSPS) is 15.6. The van der Waals surface area contributed by atoms with Crippen LogP contribution in [0.5, 0.6) is 0 Å². The van der Waals surface area contributed by atoms with E-state index in [4.69, 9.17) is 11.6 Å². The molecule has 1 atom stereocenters. The topological polar surface area (TPSA) is 0 Å². The van der Waals surface area contributed by atoms with E-state index in [1.807, 2.05) is 18.2 Å². The van der Waals surface area contributed by atoms with Crippen LogP contribution in [0, 0.1) is 0 Å². The number of benzene rings is 1. The van der Waals surface area contributed by atoms with Gasteiger partial charge in [-0.05, 0) is 23.0 Å². The fraction of sp³-hybridized carbons (Fsp3) is 0.400. The molecule has 1 unspecified atom stereocenters. The highest BCUT2D eigenvalue weighted by Crippen LogP contribution is 2.25. The molecule has 0 saturated heterocycles. The molecule has 0 aromatic heterocycles. The lowest BCUT2D eigenvalue weighted by molar-refractivity contribution is 0.649. The van der Waals surface area contributed by atoms with Crippen molar-refractivity contribution in [1.82, 2.24) is 0 Å². The molecule has 0 fully saturated rings. The highest BCUT2D eigenvalue weighted by Gasteiger charge is 2.17. The van der Waals surface area contributed by atoms with Gasteiger partial charge in [-0.2, -0.15) is 0 Å². The van der Waals surface area contributed by atoms with E-state index in [0.29, 0.717) is 0 Å². The van der Waals surface area contributed by atoms with Crippen molar-refractivity contribution in [2.24, 2.45) is 0 Å². The molecule has 1 rings (SSSR count). The van der Waals surface area contributed by atoms with E-state index in [2.05, 4.69) is 27.8 Å². The first-order valence-corrected chi connectivity index (χ1v) is 4.70. The summed E-state index contributed by atoms with van der Waals surface area (Å²) in [6.45, 7) is 4.43. The van der Waals surface area contributed by atoms with E-state index in [1.165, 1.54) is 5.56 Å². The second-order valence-electron chi connectivity index (χ2n) is 3.75. The van der Waals surface area contributed by atoms with Crippen LogP contribution in [0.15, 0.2) is 24.3 Å². The summed E-state index contributed by atoms with van der Waals surface area (Å²) in [5, 5.41) is 1.07. The van der Waals surface area contributed by atoms with E-state index in [1.54, 1.807) is 0 Å². The monoisotopic (exact) mass is 180 g/mol. The molecule has 0 aliphatic rings. The van der Waals surface area contributed by atoms with Gasteiger partial charge in [0.05, 0.1) is 0 Å². The van der Waals surface area contributed by atoms with E-state index >= 15 is 0 Å². The molecule has 0 aliphatic heterocycles. The lowest BCUT2D eigenvalue weighted by Crippen LogP contribution is -2.20. The van der Waals surface area contributed by atoms with Crippen molar-refractivity contribution in [3.63, 3.8) is 0 Å². The van der Waals surface area contributed by atoms with Gasteiger partial charge in [0.2, 0.25) is 0 Å². The molecule has 0 N–H and O–H groups in total. The lowest BCUT2D eigenvalue weighted by Gasteiger charge is -2.23. The summed E-state index contributed by atoms with van der Waals surface area (Å²) in [5.41, 5.74) is 1.32. The molecular formula is C10H14BCl. The maximum Gasteiger partial charge on any atom is 0.114 e. The summed E-state index contributed by atoms with van der Waals surface area (Å²) in [7, 11) is 2.23. The summed E-state index contributed by atoms with van der Waals surface area (Å²) in [4.78, 5) is 0. The van der Waals surface area contributed by atoms with Gasteiger partial charge in [0.15, 0.2) is 0 Å². The van der Waals surface area contributed by atoms with Crippen LogP contribution < -0.4 is 0 Å². The average Bonchev–Trinajstić information content (AvgIpc) is 2.05. The first-order valence-electron chi connectivity index (χ1n) is 4.32. The molecule has 0 aliphatic carbocycles. The maximum absolute atomic E-state index is 5.91. The van der Waals surface area contributed by atoms with Crippen LogP contribution in [0.2, 0.25) is 5.02 Å². The van der Waals surface area contributed by atoms with Crippen molar-refractivity contribution in [2.45, 2.75) is 25.6 Å². The molecule has 12 heavy (non-hydrogen) atoms. The zero-order valence-corrected chi connectivity index (χ0v) is 8.65. The molecule has 0 nitrogen and oxygen atoms in total. The Hall–Kier alpha value is -0.425. The van der Waals surface area contributed by atoms with Crippen LogP contribution in [0.3, 0.4) is 0 Å². The molecule has 1 aromatic rings. The zero-order chi connectivity index (χ0) is 9.19. The SMILES string of the molecule is BC(C)(CC)c1cccc(Cl)c1. The Bertz CT molecular complexity index is 268. The molecule has 0 bridgehead atoms. The van der Waals surface area contributed by atoms with Gasteiger partial charge in [-0.25, -0.2) is 0 Å². The Kier molecular flexibility index (Phi) is 2.84. The minimum absolute atomic E-state index is 0.241. The van der Waals surface area contributed by atoms with Crippen molar-refractivity contribution >= 4 is 19.4 Å². The molecule has 0 saturated carbocycles. The Balaban J connectivity index is 3.03. The van der Waals surface area contributed by atoms with E-state index in [-0.39, 0.29) is 5.31 Å². The molecule has 2 heteroatoms. The van der Waals surface area contributed by atoms with Crippen molar-refractivity contribution in [3.05, 3.63) is 34.9 Å². The van der Waals surface area contributed by atoms with Gasteiger partial charge in [-0.3, -0.25) is 0 Å². The Morgan fingerprint density at radius 2 is 2.17 bits per heavy atom. The third kappa shape index (κ3) is 2.04. The zero-order valence-electron chi connectivity index (χ0n) is 7.89. The minimum Gasteiger partial charge on any atom is -0.0843 e. The van der Waals surface area contributed by atoms with Gasteiger partial charge < -0.3 is 0 Å². The first-order chi connectivity index (χ1) is 5.56. The fourth-order valence-corrected chi connectivity index (χ4v) is 1.30. The minimum atomic E-state index is 0.241. The second-order valence-corrected chi connectivity index (χ2v) is 4.18. The van der Waals surface area contributed by atoms with Crippen LogP contribution in [-0.2, 0) is 5.31 Å². The van der Waals surface area contributed by atoms with Gasteiger partial charge in [-0.15, -0.1) is 0 Å². The largest absolute Gasteiger partial charge is 0.114 e. The van der Waals surface area contributed by atoms with Crippen molar-refractivity contribution < 1.29 is 0 Å². The van der Waals surface area contributed by atoms with E-state index < -0.39 is 0 Å². The van der Waals surface area contributed by atoms with Crippen LogP contribution in [0.4, 0.5) is 0 Å². The second kappa shape index (κ2) is 3.53.